The van der Waals surface area contributed by atoms with Gasteiger partial charge in [0.25, 0.3) is 0 Å². The van der Waals surface area contributed by atoms with E-state index in [1.165, 1.54) is 0 Å². The summed E-state index contributed by atoms with van der Waals surface area (Å²) in [6.07, 6.45) is 1.30. The molecule has 0 spiro atoms. The average molecular weight is 251 g/mol. The van der Waals surface area contributed by atoms with Gasteiger partial charge in [0.05, 0.1) is 6.61 Å². The molecule has 1 aromatic carbocycles. The Bertz CT molecular complexity index is 324. The fraction of sp³-hybridized carbons (Fsp3) is 0.600. The standard InChI is InChI=1S/C15H25NO2/c1-5-12(3)16-11-13(4)18-15-9-7-14(8-10-15)17-6-2/h7-10,12-13,16H,5-6,11H2,1-4H3. The molecule has 0 radical (unpaired) electrons. The molecule has 0 amide bonds. The first kappa shape index (κ1) is 14.8. The maximum absolute atomic E-state index is 5.82. The van der Waals surface area contributed by atoms with E-state index in [1.807, 2.05) is 31.2 Å². The predicted molar refractivity (Wildman–Crippen MR) is 75.5 cm³/mol. The van der Waals surface area contributed by atoms with Crippen molar-refractivity contribution in [2.75, 3.05) is 13.2 Å². The number of hydrogen-bond donors (Lipinski definition) is 1. The molecule has 18 heavy (non-hydrogen) atoms. The fourth-order valence-electron chi connectivity index (χ4n) is 1.57. The van der Waals surface area contributed by atoms with Crippen molar-refractivity contribution in [3.8, 4) is 11.5 Å². The van der Waals surface area contributed by atoms with Crippen molar-refractivity contribution >= 4 is 0 Å². The zero-order valence-electron chi connectivity index (χ0n) is 11.9. The van der Waals surface area contributed by atoms with Crippen LogP contribution in [0.5, 0.6) is 11.5 Å². The molecule has 1 N–H and O–H groups in total. The lowest BCUT2D eigenvalue weighted by Crippen LogP contribution is -2.34. The van der Waals surface area contributed by atoms with Gasteiger partial charge in [0.15, 0.2) is 0 Å². The highest BCUT2D eigenvalue weighted by molar-refractivity contribution is 5.31. The molecule has 0 aromatic heterocycles. The Morgan fingerprint density at radius 1 is 1.06 bits per heavy atom. The smallest absolute Gasteiger partial charge is 0.120 e. The van der Waals surface area contributed by atoms with Gasteiger partial charge in [-0.1, -0.05) is 6.92 Å². The first-order valence-electron chi connectivity index (χ1n) is 6.78. The largest absolute Gasteiger partial charge is 0.494 e. The highest BCUT2D eigenvalue weighted by atomic mass is 16.5. The highest BCUT2D eigenvalue weighted by Gasteiger charge is 2.06. The Kier molecular flexibility index (Phi) is 6.58. The Labute approximate surface area is 110 Å². The molecule has 2 unspecified atom stereocenters. The first-order chi connectivity index (χ1) is 8.65. The van der Waals surface area contributed by atoms with Gasteiger partial charge in [-0.25, -0.2) is 0 Å². The summed E-state index contributed by atoms with van der Waals surface area (Å²) in [5.74, 6) is 1.77. The summed E-state index contributed by atoms with van der Waals surface area (Å²) in [5.41, 5.74) is 0. The van der Waals surface area contributed by atoms with Crippen molar-refractivity contribution in [3.63, 3.8) is 0 Å². The maximum Gasteiger partial charge on any atom is 0.120 e. The van der Waals surface area contributed by atoms with Crippen molar-refractivity contribution in [2.45, 2.75) is 46.3 Å². The maximum atomic E-state index is 5.82. The van der Waals surface area contributed by atoms with E-state index in [2.05, 4.69) is 26.1 Å². The third-order valence-electron chi connectivity index (χ3n) is 2.84. The first-order valence-corrected chi connectivity index (χ1v) is 6.78. The van der Waals surface area contributed by atoms with Crippen molar-refractivity contribution in [1.29, 1.82) is 0 Å². The van der Waals surface area contributed by atoms with E-state index in [1.54, 1.807) is 0 Å². The Balaban J connectivity index is 2.37. The van der Waals surface area contributed by atoms with Crippen LogP contribution >= 0.6 is 0 Å². The van der Waals surface area contributed by atoms with Crippen molar-refractivity contribution in [3.05, 3.63) is 24.3 Å². The lowest BCUT2D eigenvalue weighted by molar-refractivity contribution is 0.211. The Morgan fingerprint density at radius 3 is 2.22 bits per heavy atom. The number of rotatable bonds is 8. The highest BCUT2D eigenvalue weighted by Crippen LogP contribution is 2.18. The molecule has 0 aliphatic carbocycles. The van der Waals surface area contributed by atoms with Gasteiger partial charge in [0.2, 0.25) is 0 Å². The zero-order chi connectivity index (χ0) is 13.4. The summed E-state index contributed by atoms with van der Waals surface area (Å²) < 4.78 is 11.2. The van der Waals surface area contributed by atoms with Crippen LogP contribution in [0.25, 0.3) is 0 Å². The summed E-state index contributed by atoms with van der Waals surface area (Å²) in [7, 11) is 0. The van der Waals surface area contributed by atoms with Crippen molar-refractivity contribution in [2.24, 2.45) is 0 Å². The van der Waals surface area contributed by atoms with E-state index in [9.17, 15) is 0 Å². The molecule has 0 saturated carbocycles. The summed E-state index contributed by atoms with van der Waals surface area (Å²) in [6.45, 7) is 9.97. The van der Waals surface area contributed by atoms with Crippen LogP contribution in [0.2, 0.25) is 0 Å². The quantitative estimate of drug-likeness (QED) is 0.769. The van der Waals surface area contributed by atoms with Crippen LogP contribution in [0.15, 0.2) is 24.3 Å². The van der Waals surface area contributed by atoms with Crippen LogP contribution in [-0.4, -0.2) is 25.3 Å². The number of benzene rings is 1. The van der Waals surface area contributed by atoms with Gasteiger partial charge in [0.1, 0.15) is 17.6 Å². The molecular weight excluding hydrogens is 226 g/mol. The van der Waals surface area contributed by atoms with Crippen LogP contribution in [0.4, 0.5) is 0 Å². The van der Waals surface area contributed by atoms with Crippen molar-refractivity contribution < 1.29 is 9.47 Å². The van der Waals surface area contributed by atoms with Crippen LogP contribution in [0.3, 0.4) is 0 Å². The van der Waals surface area contributed by atoms with E-state index < -0.39 is 0 Å². The van der Waals surface area contributed by atoms with Crippen LogP contribution < -0.4 is 14.8 Å². The second-order valence-corrected chi connectivity index (χ2v) is 4.55. The summed E-state index contributed by atoms with van der Waals surface area (Å²) in [4.78, 5) is 0. The van der Waals surface area contributed by atoms with Gasteiger partial charge < -0.3 is 14.8 Å². The van der Waals surface area contributed by atoms with Gasteiger partial charge in [-0.3, -0.25) is 0 Å². The second-order valence-electron chi connectivity index (χ2n) is 4.55. The SMILES string of the molecule is CCOc1ccc(OC(C)CNC(C)CC)cc1. The molecule has 0 heterocycles. The summed E-state index contributed by atoms with van der Waals surface area (Å²) in [5, 5.41) is 3.43. The lowest BCUT2D eigenvalue weighted by atomic mass is 10.2. The molecule has 0 aliphatic rings. The summed E-state index contributed by atoms with van der Waals surface area (Å²) >= 11 is 0. The van der Waals surface area contributed by atoms with Gasteiger partial charge in [-0.2, -0.15) is 0 Å². The van der Waals surface area contributed by atoms with E-state index in [0.29, 0.717) is 12.6 Å². The second kappa shape index (κ2) is 7.98. The van der Waals surface area contributed by atoms with Crippen LogP contribution in [-0.2, 0) is 0 Å². The Morgan fingerprint density at radius 2 is 1.67 bits per heavy atom. The lowest BCUT2D eigenvalue weighted by Gasteiger charge is -2.18. The van der Waals surface area contributed by atoms with Crippen LogP contribution in [0.1, 0.15) is 34.1 Å². The van der Waals surface area contributed by atoms with Gasteiger partial charge in [0, 0.05) is 12.6 Å². The Hall–Kier alpha value is -1.22. The number of hydrogen-bond acceptors (Lipinski definition) is 3. The summed E-state index contributed by atoms with van der Waals surface area (Å²) in [6, 6.07) is 8.31. The molecule has 3 heteroatoms. The predicted octanol–water partition coefficient (Wildman–Crippen LogP) is 3.24. The van der Waals surface area contributed by atoms with Gasteiger partial charge >= 0.3 is 0 Å². The van der Waals surface area contributed by atoms with Crippen LogP contribution in [0, 0.1) is 0 Å². The van der Waals surface area contributed by atoms with E-state index >= 15 is 0 Å². The minimum Gasteiger partial charge on any atom is -0.494 e. The van der Waals surface area contributed by atoms with Gasteiger partial charge in [-0.15, -0.1) is 0 Å². The minimum absolute atomic E-state index is 0.164. The molecular formula is C15H25NO2. The molecule has 0 saturated heterocycles. The third kappa shape index (κ3) is 5.41. The molecule has 3 nitrogen and oxygen atoms in total. The molecule has 0 bridgehead atoms. The zero-order valence-corrected chi connectivity index (χ0v) is 11.9. The van der Waals surface area contributed by atoms with E-state index in [0.717, 1.165) is 24.5 Å². The molecule has 1 aromatic rings. The fourth-order valence-corrected chi connectivity index (χ4v) is 1.57. The number of ether oxygens (including phenoxy) is 2. The van der Waals surface area contributed by atoms with Crippen molar-refractivity contribution in [1.82, 2.24) is 5.32 Å². The average Bonchev–Trinajstić information content (AvgIpc) is 2.38. The van der Waals surface area contributed by atoms with E-state index in [-0.39, 0.29) is 6.10 Å². The normalized spacial score (nSPS) is 14.0. The van der Waals surface area contributed by atoms with Gasteiger partial charge in [-0.05, 0) is 51.5 Å². The molecule has 0 aliphatic heterocycles. The molecule has 0 fully saturated rings. The molecule has 102 valence electrons. The third-order valence-corrected chi connectivity index (χ3v) is 2.84. The monoisotopic (exact) mass is 251 g/mol. The number of nitrogens with one attached hydrogen (secondary N) is 1. The molecule has 2 atom stereocenters. The minimum atomic E-state index is 0.164. The van der Waals surface area contributed by atoms with E-state index in [4.69, 9.17) is 9.47 Å². The topological polar surface area (TPSA) is 30.5 Å². The molecule has 1 rings (SSSR count).